The van der Waals surface area contributed by atoms with Crippen molar-refractivity contribution in [2.45, 2.75) is 13.1 Å². The Hall–Kier alpha value is -3.67. The number of aromatic amines is 1. The zero-order valence-electron chi connectivity index (χ0n) is 25.9. The average Bonchev–Trinajstić information content (AvgIpc) is 3.53. The normalized spacial score (nSPS) is 11.2. The topological polar surface area (TPSA) is 127 Å². The van der Waals surface area contributed by atoms with E-state index in [1.165, 1.54) is 23.2 Å². The molecule has 0 aliphatic rings. The molecule has 0 saturated heterocycles. The van der Waals surface area contributed by atoms with Crippen molar-refractivity contribution in [1.29, 1.82) is 0 Å². The van der Waals surface area contributed by atoms with Crippen molar-refractivity contribution in [2.24, 2.45) is 28.2 Å². The Bertz CT molecular complexity index is 2430. The Labute approximate surface area is 292 Å². The minimum Gasteiger partial charge on any atom is -0.316 e. The molecule has 17 heteroatoms. The molecular formula is C29H28Br3FN8O4S. The fraction of sp³-hybridized carbons (Fsp3) is 0.241. The first-order valence-electron chi connectivity index (χ1n) is 14.0. The number of hydrogen-bond donors (Lipinski definition) is 1. The van der Waals surface area contributed by atoms with E-state index < -0.39 is 12.8 Å². The third kappa shape index (κ3) is 6.72. The van der Waals surface area contributed by atoms with Crippen LogP contribution in [0.2, 0.25) is 0 Å². The zero-order chi connectivity index (χ0) is 34.7. The lowest BCUT2D eigenvalue weighted by Gasteiger charge is -2.08. The number of imidazole rings is 2. The molecule has 0 amide bonds. The van der Waals surface area contributed by atoms with Gasteiger partial charge >= 0.3 is 11.4 Å². The molecule has 2 aromatic carbocycles. The molecule has 0 aliphatic carbocycles. The molecule has 4 aromatic heterocycles. The third-order valence-corrected chi connectivity index (χ3v) is 9.06. The van der Waals surface area contributed by atoms with E-state index >= 15 is 0 Å². The van der Waals surface area contributed by atoms with Crippen LogP contribution in [0.3, 0.4) is 0 Å². The number of aromatic nitrogens is 8. The van der Waals surface area contributed by atoms with Crippen molar-refractivity contribution in [1.82, 2.24) is 37.4 Å². The minimum atomic E-state index is -1.00. The van der Waals surface area contributed by atoms with Gasteiger partial charge in [0.15, 0.2) is 26.2 Å². The van der Waals surface area contributed by atoms with Crippen molar-refractivity contribution in [2.75, 3.05) is 7.15 Å². The van der Waals surface area contributed by atoms with Gasteiger partial charge in [-0.15, -0.1) is 0 Å². The maximum absolute atomic E-state index is 12.5. The van der Waals surface area contributed by atoms with Crippen LogP contribution in [-0.2, 0) is 41.3 Å². The maximum Gasteiger partial charge on any atom is 0.332 e. The van der Waals surface area contributed by atoms with Crippen LogP contribution in [-0.4, -0.2) is 44.5 Å². The lowest BCUT2D eigenvalue weighted by Crippen LogP contribution is -2.37. The van der Waals surface area contributed by atoms with E-state index in [1.54, 1.807) is 23.2 Å². The van der Waals surface area contributed by atoms with Gasteiger partial charge in [0.25, 0.3) is 11.1 Å². The van der Waals surface area contributed by atoms with Gasteiger partial charge in [-0.1, -0.05) is 56.1 Å². The lowest BCUT2D eigenvalue weighted by atomic mass is 10.2. The lowest BCUT2D eigenvalue weighted by molar-refractivity contribution is 0.636. The van der Waals surface area contributed by atoms with Crippen molar-refractivity contribution >= 4 is 82.3 Å². The van der Waals surface area contributed by atoms with E-state index in [2.05, 4.69) is 57.8 Å². The number of nitrogens with zero attached hydrogens (tertiary/aromatic N) is 7. The van der Waals surface area contributed by atoms with E-state index in [0.717, 1.165) is 29.2 Å². The Balaban J connectivity index is 0.000000197. The predicted molar refractivity (Wildman–Crippen MR) is 189 cm³/mol. The summed E-state index contributed by atoms with van der Waals surface area (Å²) in [5.74, 6) is 0. The molecule has 1 N–H and O–H groups in total. The number of benzene rings is 2. The van der Waals surface area contributed by atoms with Crippen molar-refractivity contribution in [3.8, 4) is 0 Å². The zero-order valence-corrected chi connectivity index (χ0v) is 30.5. The van der Waals surface area contributed by atoms with E-state index in [-0.39, 0.29) is 16.8 Å². The van der Waals surface area contributed by atoms with Gasteiger partial charge in [0.05, 0.1) is 21.6 Å². The van der Waals surface area contributed by atoms with Gasteiger partial charge < -0.3 is 14.1 Å². The second-order valence-corrected chi connectivity index (χ2v) is 13.0. The quantitative estimate of drug-likeness (QED) is 0.206. The molecule has 0 atom stereocenters. The monoisotopic (exact) mass is 841 g/mol. The highest BCUT2D eigenvalue weighted by Gasteiger charge is 2.18. The van der Waals surface area contributed by atoms with Crippen molar-refractivity contribution in [3.63, 3.8) is 0 Å². The summed E-state index contributed by atoms with van der Waals surface area (Å²) in [6.45, 7) is 0.926. The van der Waals surface area contributed by atoms with E-state index in [1.807, 2.05) is 48.5 Å². The maximum atomic E-state index is 12.5. The standard InChI is InChI=1S/C14H12Br2N4O2.C14H13BrN4O2S.CH3F/c1-18-11-10(12(21)19(2)14(18)22)20(13(16)17-11)7-8-4-3-5-9(15)6-8;1-17-11-10(12(20)18(2)14(17)21)19(13(22)16-11)7-8-4-3-5-9(15)6-8;1-2/h3-6H,7H2,1-2H3;3-6H,7H2,1-2H3,(H,16,22);1H3/i;;1D. The number of fused-ring (bicyclic) bond motifs is 2. The second kappa shape index (κ2) is 14.4. The first-order valence-corrected chi connectivity index (χ1v) is 16.0. The number of halogens is 4. The molecule has 0 radical (unpaired) electrons. The number of hydrogen-bond acceptors (Lipinski definition) is 6. The summed E-state index contributed by atoms with van der Waals surface area (Å²) in [4.78, 5) is 56.1. The highest BCUT2D eigenvalue weighted by Crippen LogP contribution is 2.20. The van der Waals surface area contributed by atoms with Gasteiger partial charge in [0.1, 0.15) is 5.65 Å². The molecule has 46 heavy (non-hydrogen) atoms. The summed E-state index contributed by atoms with van der Waals surface area (Å²) >= 11 is 15.6. The van der Waals surface area contributed by atoms with E-state index in [0.29, 0.717) is 44.9 Å². The van der Waals surface area contributed by atoms with Crippen LogP contribution in [0.5, 0.6) is 0 Å². The number of H-pyrrole nitrogens is 1. The largest absolute Gasteiger partial charge is 0.332 e. The Morgan fingerprint density at radius 1 is 0.783 bits per heavy atom. The fourth-order valence-electron chi connectivity index (χ4n) is 4.83. The van der Waals surface area contributed by atoms with E-state index in [9.17, 15) is 23.6 Å². The average molecular weight is 844 g/mol. The molecule has 6 rings (SSSR count). The molecule has 0 aliphatic heterocycles. The molecule has 0 spiro atoms. The summed E-state index contributed by atoms with van der Waals surface area (Å²) in [5.41, 5.74) is 2.13. The molecule has 0 bridgehead atoms. The Kier molecular flexibility index (Phi) is 10.5. The van der Waals surface area contributed by atoms with Gasteiger partial charge in [0.2, 0.25) is 0 Å². The highest BCUT2D eigenvalue weighted by atomic mass is 79.9. The molecular weight excluding hydrogens is 815 g/mol. The molecule has 0 saturated carbocycles. The first kappa shape index (κ1) is 33.7. The van der Waals surface area contributed by atoms with Crippen LogP contribution in [0, 0.1) is 4.77 Å². The van der Waals surface area contributed by atoms with Gasteiger partial charge in [0, 0.05) is 37.1 Å². The van der Waals surface area contributed by atoms with E-state index in [4.69, 9.17) is 13.6 Å². The van der Waals surface area contributed by atoms with Crippen LogP contribution in [0.25, 0.3) is 22.3 Å². The van der Waals surface area contributed by atoms with Gasteiger partial charge in [-0.3, -0.25) is 32.2 Å². The summed E-state index contributed by atoms with van der Waals surface area (Å²) in [6.07, 6.45) is 0. The van der Waals surface area contributed by atoms with Crippen molar-refractivity contribution in [3.05, 3.63) is 120 Å². The van der Waals surface area contributed by atoms with Crippen LogP contribution >= 0.6 is 60.0 Å². The van der Waals surface area contributed by atoms with Gasteiger partial charge in [-0.2, -0.15) is 0 Å². The second-order valence-electron chi connectivity index (χ2n) is 10.0. The number of alkyl halides is 1. The summed E-state index contributed by atoms with van der Waals surface area (Å²) in [7, 11) is 5.14. The highest BCUT2D eigenvalue weighted by molar-refractivity contribution is 9.11. The molecule has 0 unspecified atom stereocenters. The fourth-order valence-corrected chi connectivity index (χ4v) is 6.45. The van der Waals surface area contributed by atoms with Crippen LogP contribution in [0.15, 0.2) is 81.4 Å². The first-order chi connectivity index (χ1) is 22.2. The molecule has 0 fully saturated rings. The van der Waals surface area contributed by atoms with Gasteiger partial charge in [-0.25, -0.2) is 14.6 Å². The molecule has 4 heterocycles. The summed E-state index contributed by atoms with van der Waals surface area (Å²) < 4.78 is 26.8. The van der Waals surface area contributed by atoms with Crippen LogP contribution < -0.4 is 22.5 Å². The summed E-state index contributed by atoms with van der Waals surface area (Å²) in [5, 5.41) is 0. The number of rotatable bonds is 4. The van der Waals surface area contributed by atoms with Crippen LogP contribution in [0.4, 0.5) is 4.39 Å². The Morgan fingerprint density at radius 2 is 1.26 bits per heavy atom. The number of nitrogens with one attached hydrogen (secondary N) is 1. The SMILES string of the molecule is Cn1c(=O)c2c([nH]c(=S)n2Cc2cccc(Br)c2)n(C)c1=O.Cn1c(=O)c2c(nc(Br)n2Cc2cccc(Br)c2)n(C)c1=O.[2H]CF. The minimum absolute atomic E-state index is 0.355. The number of aryl methyl sites for hydroxylation is 2. The third-order valence-electron chi connectivity index (χ3n) is 7.14. The molecule has 6 aromatic rings. The van der Waals surface area contributed by atoms with Crippen molar-refractivity contribution < 1.29 is 5.76 Å². The van der Waals surface area contributed by atoms with Gasteiger partial charge in [-0.05, 0) is 63.5 Å². The van der Waals surface area contributed by atoms with Crippen LogP contribution in [0.1, 0.15) is 12.5 Å². The summed E-state index contributed by atoms with van der Waals surface area (Å²) in [6, 6.07) is 15.6. The Morgan fingerprint density at radius 3 is 1.78 bits per heavy atom. The predicted octanol–water partition coefficient (Wildman–Crippen LogP) is 4.50. The molecule has 242 valence electrons. The smallest absolute Gasteiger partial charge is 0.316 e. The molecule has 12 nitrogen and oxygen atoms in total.